The molecule has 0 aliphatic heterocycles. The first kappa shape index (κ1) is 8.97. The molecule has 4 nitrogen and oxygen atoms in total. The van der Waals surface area contributed by atoms with Gasteiger partial charge in [0.2, 0.25) is 0 Å². The molecule has 0 spiro atoms. The Balaban J connectivity index is 0.000000810. The minimum absolute atomic E-state index is 0. The first-order valence-corrected chi connectivity index (χ1v) is 2.56. The van der Waals surface area contributed by atoms with Crippen LogP contribution in [0.25, 0.3) is 0 Å². The van der Waals surface area contributed by atoms with E-state index >= 15 is 0 Å². The number of H-pyrrole nitrogens is 1. The zero-order valence-electron chi connectivity index (χ0n) is 5.53. The summed E-state index contributed by atoms with van der Waals surface area (Å²) in [5, 5.41) is 0. The summed E-state index contributed by atoms with van der Waals surface area (Å²) in [6, 6.07) is 0. The molecule has 0 saturated carbocycles. The third kappa shape index (κ3) is 1.73. The molecule has 0 radical (unpaired) electrons. The monoisotopic (exact) mass is 160 g/mol. The van der Waals surface area contributed by atoms with Crippen molar-refractivity contribution in [1.29, 1.82) is 0 Å². The topological polar surface area (TPSA) is 67.1 Å². The van der Waals surface area contributed by atoms with Crippen LogP contribution >= 0.6 is 12.4 Å². The van der Waals surface area contributed by atoms with E-state index in [1.807, 2.05) is 0 Å². The summed E-state index contributed by atoms with van der Waals surface area (Å²) in [5.41, 5.74) is 5.39. The molecule has 0 aliphatic carbocycles. The molecule has 3 N–H and O–H groups in total. The standard InChI is InChI=1S/C5H8N4.ClH/c1-7-4(6)5-8-2-3-9-5;/h2-3H,1H3,(H2,6,7)(H,8,9);1H. The highest BCUT2D eigenvalue weighted by Crippen LogP contribution is 1.84. The Labute approximate surface area is 65.0 Å². The number of hydrogen-bond donors (Lipinski definition) is 2. The van der Waals surface area contributed by atoms with Crippen molar-refractivity contribution in [2.75, 3.05) is 7.05 Å². The third-order valence-electron chi connectivity index (χ3n) is 0.982. The van der Waals surface area contributed by atoms with E-state index in [4.69, 9.17) is 5.73 Å². The van der Waals surface area contributed by atoms with Crippen LogP contribution in [0.3, 0.4) is 0 Å². The number of hydrogen-bond acceptors (Lipinski definition) is 2. The highest BCUT2D eigenvalue weighted by molar-refractivity contribution is 5.93. The molecule has 0 fully saturated rings. The molecule has 0 bridgehead atoms. The number of nitrogens with one attached hydrogen (secondary N) is 1. The SMILES string of the molecule is CN=C(N)c1ncc[nH]1.Cl. The van der Waals surface area contributed by atoms with E-state index < -0.39 is 0 Å². The molecule has 0 aliphatic rings. The Morgan fingerprint density at radius 2 is 2.50 bits per heavy atom. The zero-order valence-corrected chi connectivity index (χ0v) is 6.35. The number of nitrogens with zero attached hydrogens (tertiary/aromatic N) is 2. The summed E-state index contributed by atoms with van der Waals surface area (Å²) < 4.78 is 0. The second-order valence-electron chi connectivity index (χ2n) is 1.55. The zero-order chi connectivity index (χ0) is 6.69. The lowest BCUT2D eigenvalue weighted by atomic mass is 10.6. The summed E-state index contributed by atoms with van der Waals surface area (Å²) in [6.07, 6.45) is 3.33. The van der Waals surface area contributed by atoms with Gasteiger partial charge in [0.15, 0.2) is 11.7 Å². The lowest BCUT2D eigenvalue weighted by Crippen LogP contribution is -2.14. The summed E-state index contributed by atoms with van der Waals surface area (Å²) in [7, 11) is 1.62. The van der Waals surface area contributed by atoms with E-state index in [1.54, 1.807) is 19.4 Å². The van der Waals surface area contributed by atoms with Crippen LogP contribution in [-0.2, 0) is 0 Å². The van der Waals surface area contributed by atoms with Crippen molar-refractivity contribution in [1.82, 2.24) is 9.97 Å². The fourth-order valence-corrected chi connectivity index (χ4v) is 0.511. The Hall–Kier alpha value is -1.03. The highest BCUT2D eigenvalue weighted by atomic mass is 35.5. The number of halogens is 1. The van der Waals surface area contributed by atoms with Gasteiger partial charge in [0.1, 0.15) is 0 Å². The van der Waals surface area contributed by atoms with Crippen molar-refractivity contribution >= 4 is 18.2 Å². The maximum atomic E-state index is 5.39. The molecule has 0 atom stereocenters. The largest absolute Gasteiger partial charge is 0.381 e. The molecule has 0 amide bonds. The molecule has 0 aromatic carbocycles. The van der Waals surface area contributed by atoms with Crippen LogP contribution < -0.4 is 5.73 Å². The van der Waals surface area contributed by atoms with Crippen molar-refractivity contribution in [2.45, 2.75) is 0 Å². The predicted octanol–water partition coefficient (Wildman–Crippen LogP) is 0.167. The van der Waals surface area contributed by atoms with Gasteiger partial charge < -0.3 is 10.7 Å². The van der Waals surface area contributed by atoms with Gasteiger partial charge in [-0.15, -0.1) is 12.4 Å². The second-order valence-corrected chi connectivity index (χ2v) is 1.55. The predicted molar refractivity (Wildman–Crippen MR) is 42.5 cm³/mol. The average molecular weight is 161 g/mol. The maximum Gasteiger partial charge on any atom is 0.172 e. The number of nitrogens with two attached hydrogens (primary N) is 1. The summed E-state index contributed by atoms with van der Waals surface area (Å²) in [4.78, 5) is 10.4. The van der Waals surface area contributed by atoms with Crippen LogP contribution in [0.4, 0.5) is 0 Å². The van der Waals surface area contributed by atoms with Crippen molar-refractivity contribution in [3.8, 4) is 0 Å². The molecule has 1 aromatic heterocycles. The van der Waals surface area contributed by atoms with Gasteiger partial charge in [-0.3, -0.25) is 4.99 Å². The molecule has 1 aromatic rings. The van der Waals surface area contributed by atoms with Gasteiger partial charge >= 0.3 is 0 Å². The van der Waals surface area contributed by atoms with Crippen LogP contribution in [0.15, 0.2) is 17.4 Å². The van der Waals surface area contributed by atoms with Gasteiger partial charge in [0, 0.05) is 19.4 Å². The molecule has 10 heavy (non-hydrogen) atoms. The molecule has 1 heterocycles. The van der Waals surface area contributed by atoms with Crippen LogP contribution in [0.2, 0.25) is 0 Å². The molecular formula is C5H9ClN4. The van der Waals surface area contributed by atoms with Gasteiger partial charge in [-0.05, 0) is 0 Å². The lowest BCUT2D eigenvalue weighted by molar-refractivity contribution is 1.22. The molecule has 1 rings (SSSR count). The fraction of sp³-hybridized carbons (Fsp3) is 0.200. The van der Waals surface area contributed by atoms with Gasteiger partial charge in [-0.2, -0.15) is 0 Å². The van der Waals surface area contributed by atoms with E-state index in [2.05, 4.69) is 15.0 Å². The van der Waals surface area contributed by atoms with E-state index in [0.717, 1.165) is 0 Å². The van der Waals surface area contributed by atoms with Gasteiger partial charge in [-0.25, -0.2) is 4.98 Å². The first-order chi connectivity index (χ1) is 4.34. The number of rotatable bonds is 1. The van der Waals surface area contributed by atoms with Crippen LogP contribution in [0.1, 0.15) is 5.82 Å². The Kier molecular flexibility index (Phi) is 3.49. The molecule has 5 heteroatoms. The van der Waals surface area contributed by atoms with Crippen molar-refractivity contribution in [3.63, 3.8) is 0 Å². The lowest BCUT2D eigenvalue weighted by Gasteiger charge is -1.89. The summed E-state index contributed by atoms with van der Waals surface area (Å²) in [6.45, 7) is 0. The normalized spacial score (nSPS) is 10.7. The van der Waals surface area contributed by atoms with Gasteiger partial charge in [0.05, 0.1) is 0 Å². The number of amidine groups is 1. The van der Waals surface area contributed by atoms with E-state index in [1.165, 1.54) is 0 Å². The minimum Gasteiger partial charge on any atom is -0.381 e. The van der Waals surface area contributed by atoms with Crippen LogP contribution in [0.5, 0.6) is 0 Å². The molecular weight excluding hydrogens is 152 g/mol. The first-order valence-electron chi connectivity index (χ1n) is 2.56. The van der Waals surface area contributed by atoms with Crippen molar-refractivity contribution in [3.05, 3.63) is 18.2 Å². The van der Waals surface area contributed by atoms with Gasteiger partial charge in [-0.1, -0.05) is 0 Å². The Morgan fingerprint density at radius 3 is 2.90 bits per heavy atom. The number of aromatic nitrogens is 2. The average Bonchev–Trinajstić information content (AvgIpc) is 2.37. The van der Waals surface area contributed by atoms with Crippen molar-refractivity contribution < 1.29 is 0 Å². The van der Waals surface area contributed by atoms with E-state index in [9.17, 15) is 0 Å². The maximum absolute atomic E-state index is 5.39. The number of imidazole rings is 1. The van der Waals surface area contributed by atoms with Crippen molar-refractivity contribution in [2.24, 2.45) is 10.7 Å². The van der Waals surface area contributed by atoms with Gasteiger partial charge in [0.25, 0.3) is 0 Å². The molecule has 56 valence electrons. The third-order valence-corrected chi connectivity index (χ3v) is 0.982. The summed E-state index contributed by atoms with van der Waals surface area (Å²) >= 11 is 0. The number of aliphatic imine (C=N–C) groups is 1. The quantitative estimate of drug-likeness (QED) is 0.454. The number of aromatic amines is 1. The summed E-state index contributed by atoms with van der Waals surface area (Å²) in [5.74, 6) is 1.05. The Bertz CT molecular complexity index is 203. The van der Waals surface area contributed by atoms with E-state index in [0.29, 0.717) is 11.7 Å². The van der Waals surface area contributed by atoms with E-state index in [-0.39, 0.29) is 12.4 Å². The highest BCUT2D eigenvalue weighted by Gasteiger charge is 1.95. The fourth-order valence-electron chi connectivity index (χ4n) is 0.511. The smallest absolute Gasteiger partial charge is 0.172 e. The Morgan fingerprint density at radius 1 is 1.80 bits per heavy atom. The van der Waals surface area contributed by atoms with Crippen LogP contribution in [-0.4, -0.2) is 22.9 Å². The minimum atomic E-state index is 0. The van der Waals surface area contributed by atoms with Crippen LogP contribution in [0, 0.1) is 0 Å². The molecule has 0 saturated heterocycles. The molecule has 0 unspecified atom stereocenters. The second kappa shape index (κ2) is 3.90.